The van der Waals surface area contributed by atoms with Gasteiger partial charge in [-0.1, -0.05) is 12.1 Å². The first-order valence-corrected chi connectivity index (χ1v) is 10.5. The van der Waals surface area contributed by atoms with Crippen LogP contribution in [0.15, 0.2) is 30.2 Å². The summed E-state index contributed by atoms with van der Waals surface area (Å²) in [6, 6.07) is 5.88. The molecule has 1 heterocycles. The Kier molecular flexibility index (Phi) is 7.87. The van der Waals surface area contributed by atoms with Crippen molar-refractivity contribution in [2.24, 2.45) is 5.92 Å². The third-order valence-corrected chi connectivity index (χ3v) is 5.37. The number of ketones is 1. The average Bonchev–Trinajstić information content (AvgIpc) is 2.74. The van der Waals surface area contributed by atoms with Gasteiger partial charge in [-0.05, 0) is 50.8 Å². The van der Waals surface area contributed by atoms with E-state index in [0.29, 0.717) is 38.2 Å². The Hall–Kier alpha value is -2.38. The summed E-state index contributed by atoms with van der Waals surface area (Å²) in [5.41, 5.74) is 2.02. The summed E-state index contributed by atoms with van der Waals surface area (Å²) in [7, 11) is 0. The molecule has 1 saturated carbocycles. The van der Waals surface area contributed by atoms with Gasteiger partial charge in [0.05, 0.1) is 18.6 Å². The molecule has 0 amide bonds. The number of allylic oxidation sites excluding steroid dienone is 1. The lowest BCUT2D eigenvalue weighted by Crippen LogP contribution is -2.43. The summed E-state index contributed by atoms with van der Waals surface area (Å²) >= 11 is 0. The van der Waals surface area contributed by atoms with E-state index in [0.717, 1.165) is 11.1 Å². The Labute approximate surface area is 177 Å². The Morgan fingerprint density at radius 1 is 1.20 bits per heavy atom. The summed E-state index contributed by atoms with van der Waals surface area (Å²) in [6.07, 6.45) is 2.86. The van der Waals surface area contributed by atoms with Crippen LogP contribution in [0.1, 0.15) is 37.3 Å². The van der Waals surface area contributed by atoms with E-state index in [1.165, 1.54) is 6.26 Å². The Morgan fingerprint density at radius 2 is 2.03 bits per heavy atom. The highest BCUT2D eigenvalue weighted by Gasteiger charge is 2.41. The topological polar surface area (TPSA) is 80.3 Å². The van der Waals surface area contributed by atoms with Gasteiger partial charge in [-0.2, -0.15) is 0 Å². The lowest BCUT2D eigenvalue weighted by Gasteiger charge is -2.37. The Bertz CT molecular complexity index is 786. The molecule has 0 saturated heterocycles. The van der Waals surface area contributed by atoms with E-state index in [1.54, 1.807) is 0 Å². The number of benzene rings is 1. The van der Waals surface area contributed by atoms with Gasteiger partial charge in [0, 0.05) is 13.0 Å². The molecule has 7 heteroatoms. The van der Waals surface area contributed by atoms with Crippen LogP contribution in [0.4, 0.5) is 0 Å². The summed E-state index contributed by atoms with van der Waals surface area (Å²) in [5, 5.41) is 0. The largest absolute Gasteiger partial charge is 0.493 e. The third kappa shape index (κ3) is 5.83. The normalized spacial score (nSPS) is 23.2. The molecule has 1 aromatic rings. The number of Topliss-reactive ketones (excluding diaryl/α,β-unsaturated/α-hetero) is 1. The van der Waals surface area contributed by atoms with Crippen LogP contribution in [0.2, 0.25) is 0 Å². The van der Waals surface area contributed by atoms with Crippen molar-refractivity contribution < 1.29 is 33.3 Å². The predicted molar refractivity (Wildman–Crippen MR) is 109 cm³/mol. The van der Waals surface area contributed by atoms with Crippen molar-refractivity contribution in [1.29, 1.82) is 0 Å². The van der Waals surface area contributed by atoms with Gasteiger partial charge < -0.3 is 23.7 Å². The molecule has 1 aromatic carbocycles. The van der Waals surface area contributed by atoms with Crippen LogP contribution >= 0.6 is 0 Å². The van der Waals surface area contributed by atoms with Gasteiger partial charge in [-0.15, -0.1) is 0 Å². The predicted octanol–water partition coefficient (Wildman–Crippen LogP) is 3.26. The fourth-order valence-corrected chi connectivity index (χ4v) is 3.68. The molecular formula is C23H30O7. The number of fused-ring (bicyclic) bond motifs is 1. The van der Waals surface area contributed by atoms with Crippen LogP contribution in [0.25, 0.3) is 0 Å². The summed E-state index contributed by atoms with van der Waals surface area (Å²) < 4.78 is 27.5. The van der Waals surface area contributed by atoms with E-state index in [9.17, 15) is 9.59 Å². The number of carbonyl (C=O) groups excluding carboxylic acids is 2. The Balaban J connectivity index is 1.49. The fourth-order valence-electron chi connectivity index (χ4n) is 3.68. The van der Waals surface area contributed by atoms with Crippen molar-refractivity contribution in [3.05, 3.63) is 41.3 Å². The highest BCUT2D eigenvalue weighted by atomic mass is 16.6. The summed E-state index contributed by atoms with van der Waals surface area (Å²) in [6.45, 7) is 6.87. The maximum absolute atomic E-state index is 12.9. The third-order valence-electron chi connectivity index (χ3n) is 5.37. The van der Waals surface area contributed by atoms with Crippen LogP contribution < -0.4 is 4.74 Å². The molecule has 164 valence electrons. The molecule has 0 radical (unpaired) electrons. The van der Waals surface area contributed by atoms with E-state index in [4.69, 9.17) is 23.7 Å². The summed E-state index contributed by atoms with van der Waals surface area (Å²) in [4.78, 5) is 24.6. The van der Waals surface area contributed by atoms with Gasteiger partial charge >= 0.3 is 5.97 Å². The minimum absolute atomic E-state index is 0.0408. The van der Waals surface area contributed by atoms with E-state index in [2.05, 4.69) is 0 Å². The molecule has 3 unspecified atom stereocenters. The highest BCUT2D eigenvalue weighted by molar-refractivity contribution is 5.96. The van der Waals surface area contributed by atoms with Crippen molar-refractivity contribution in [3.63, 3.8) is 0 Å². The molecule has 30 heavy (non-hydrogen) atoms. The monoisotopic (exact) mass is 418 g/mol. The van der Waals surface area contributed by atoms with Gasteiger partial charge in [-0.3, -0.25) is 4.79 Å². The lowest BCUT2D eigenvalue weighted by molar-refractivity contribution is -0.156. The Morgan fingerprint density at radius 3 is 2.83 bits per heavy atom. The van der Waals surface area contributed by atoms with E-state index in [1.807, 2.05) is 39.0 Å². The standard InChI is InChI=1S/C23H30O7/c1-4-26-9-10-27-22(24)14-28-17-7-8-18-20(12-17)29-13-21(23(18)25)30-19-11-15(2)5-6-16(19)3/h5-6,11,13,17-18,20H,4,7-10,12,14H2,1-3H3. The number of esters is 1. The second-order valence-corrected chi connectivity index (χ2v) is 7.66. The van der Waals surface area contributed by atoms with Crippen molar-refractivity contribution in [2.45, 2.75) is 52.2 Å². The van der Waals surface area contributed by atoms with Crippen LogP contribution in [-0.2, 0) is 28.5 Å². The minimum atomic E-state index is -0.415. The molecule has 0 spiro atoms. The van der Waals surface area contributed by atoms with Gasteiger partial charge in [0.2, 0.25) is 11.5 Å². The molecule has 0 bridgehead atoms. The molecule has 3 atom stereocenters. The molecule has 1 aliphatic carbocycles. The first kappa shape index (κ1) is 22.3. The van der Waals surface area contributed by atoms with Crippen molar-refractivity contribution in [3.8, 4) is 5.75 Å². The first-order chi connectivity index (χ1) is 14.5. The molecule has 0 N–H and O–H groups in total. The number of rotatable bonds is 9. The lowest BCUT2D eigenvalue weighted by atomic mass is 9.80. The maximum atomic E-state index is 12.9. The van der Waals surface area contributed by atoms with Crippen molar-refractivity contribution >= 4 is 11.8 Å². The van der Waals surface area contributed by atoms with Crippen molar-refractivity contribution in [2.75, 3.05) is 26.4 Å². The molecule has 1 fully saturated rings. The van der Waals surface area contributed by atoms with Crippen LogP contribution in [0, 0.1) is 19.8 Å². The van der Waals surface area contributed by atoms with Gasteiger partial charge in [0.25, 0.3) is 0 Å². The quantitative estimate of drug-likeness (QED) is 0.450. The highest BCUT2D eigenvalue weighted by Crippen LogP contribution is 2.35. The number of hydrogen-bond acceptors (Lipinski definition) is 7. The average molecular weight is 418 g/mol. The van der Waals surface area contributed by atoms with Crippen LogP contribution in [-0.4, -0.2) is 50.4 Å². The van der Waals surface area contributed by atoms with Crippen LogP contribution in [0.3, 0.4) is 0 Å². The molecule has 7 nitrogen and oxygen atoms in total. The van der Waals surface area contributed by atoms with E-state index in [-0.39, 0.29) is 42.9 Å². The molecule has 2 aliphatic rings. The first-order valence-electron chi connectivity index (χ1n) is 10.5. The van der Waals surface area contributed by atoms with Gasteiger partial charge in [0.1, 0.15) is 31.3 Å². The number of hydrogen-bond donors (Lipinski definition) is 0. The van der Waals surface area contributed by atoms with Gasteiger partial charge in [0.15, 0.2) is 0 Å². The van der Waals surface area contributed by atoms with Crippen LogP contribution in [0.5, 0.6) is 5.75 Å². The fraction of sp³-hybridized carbons (Fsp3) is 0.565. The van der Waals surface area contributed by atoms with Gasteiger partial charge in [-0.25, -0.2) is 4.79 Å². The smallest absolute Gasteiger partial charge is 0.332 e. The molecule has 1 aliphatic heterocycles. The maximum Gasteiger partial charge on any atom is 0.332 e. The number of carbonyl (C=O) groups is 2. The summed E-state index contributed by atoms with van der Waals surface area (Å²) in [5.74, 6) is 0.189. The zero-order chi connectivity index (χ0) is 21.5. The number of ether oxygens (including phenoxy) is 5. The van der Waals surface area contributed by atoms with E-state index >= 15 is 0 Å². The second kappa shape index (κ2) is 10.6. The van der Waals surface area contributed by atoms with Crippen molar-refractivity contribution in [1.82, 2.24) is 0 Å². The zero-order valence-electron chi connectivity index (χ0n) is 17.8. The molecule has 3 rings (SSSR count). The number of aryl methyl sites for hydroxylation is 2. The zero-order valence-corrected chi connectivity index (χ0v) is 17.8. The minimum Gasteiger partial charge on any atom is -0.493 e. The second-order valence-electron chi connectivity index (χ2n) is 7.66. The molecule has 0 aromatic heterocycles. The molecular weight excluding hydrogens is 388 g/mol. The van der Waals surface area contributed by atoms with E-state index < -0.39 is 5.97 Å². The SMILES string of the molecule is CCOCCOC(=O)COC1CCC2C(=O)C(Oc3cc(C)ccc3C)=COC2C1.